The molecule has 1 amide bonds. The van der Waals surface area contributed by atoms with Gasteiger partial charge in [-0.1, -0.05) is 0 Å². The first-order valence-corrected chi connectivity index (χ1v) is 5.85. The van der Waals surface area contributed by atoms with Crippen molar-refractivity contribution < 1.29 is 18.0 Å². The van der Waals surface area contributed by atoms with E-state index in [0.29, 0.717) is 11.4 Å². The van der Waals surface area contributed by atoms with Crippen LogP contribution in [-0.4, -0.2) is 15.9 Å². The van der Waals surface area contributed by atoms with Gasteiger partial charge in [0.1, 0.15) is 0 Å². The van der Waals surface area contributed by atoms with Gasteiger partial charge in [-0.15, -0.1) is 0 Å². The lowest BCUT2D eigenvalue weighted by atomic mass is 10.2. The van der Waals surface area contributed by atoms with Crippen LogP contribution in [0.3, 0.4) is 0 Å². The van der Waals surface area contributed by atoms with Gasteiger partial charge in [-0.3, -0.25) is 4.79 Å². The number of carbonyl (C=O) groups excluding carboxylic acids is 1. The second-order valence-electron chi connectivity index (χ2n) is 4.27. The second kappa shape index (κ2) is 5.39. The van der Waals surface area contributed by atoms with Crippen LogP contribution in [0.4, 0.5) is 24.7 Å². The van der Waals surface area contributed by atoms with Crippen LogP contribution in [-0.2, 0) is 6.18 Å². The maximum Gasteiger partial charge on any atom is 0.416 e. The number of carbonyl (C=O) groups is 1. The Bertz CT molecular complexity index is 668. The summed E-state index contributed by atoms with van der Waals surface area (Å²) in [6, 6.07) is 4.32. The molecule has 2 rings (SSSR count). The molecule has 5 nitrogen and oxygen atoms in total. The Morgan fingerprint density at radius 2 is 1.86 bits per heavy atom. The molecular weight excluding hydrogens is 285 g/mol. The lowest BCUT2D eigenvalue weighted by molar-refractivity contribution is -0.137. The number of primary amides is 1. The predicted octanol–water partition coefficient (Wildman–Crippen LogP) is 2.65. The molecule has 1 heterocycles. The van der Waals surface area contributed by atoms with Gasteiger partial charge >= 0.3 is 6.18 Å². The quantitative estimate of drug-likeness (QED) is 0.912. The molecule has 8 heteroatoms. The summed E-state index contributed by atoms with van der Waals surface area (Å²) in [4.78, 5) is 19.2. The Kier molecular flexibility index (Phi) is 3.79. The number of aryl methyl sites for hydroxylation is 1. The zero-order valence-corrected chi connectivity index (χ0v) is 10.9. The molecule has 0 saturated heterocycles. The summed E-state index contributed by atoms with van der Waals surface area (Å²) in [5.41, 5.74) is 5.20. The number of aromatic nitrogens is 2. The van der Waals surface area contributed by atoms with Gasteiger partial charge in [0.15, 0.2) is 11.5 Å². The molecule has 0 aliphatic carbocycles. The Balaban J connectivity index is 2.30. The summed E-state index contributed by atoms with van der Waals surface area (Å²) in [6.45, 7) is 1.66. The van der Waals surface area contributed by atoms with Gasteiger partial charge < -0.3 is 11.1 Å². The number of nitrogens with two attached hydrogens (primary N) is 1. The van der Waals surface area contributed by atoms with Crippen molar-refractivity contribution in [2.45, 2.75) is 13.1 Å². The van der Waals surface area contributed by atoms with E-state index in [2.05, 4.69) is 15.3 Å². The fraction of sp³-hybridized carbons (Fsp3) is 0.154. The number of rotatable bonds is 3. The minimum Gasteiger partial charge on any atom is -0.364 e. The van der Waals surface area contributed by atoms with E-state index in [1.165, 1.54) is 18.3 Å². The van der Waals surface area contributed by atoms with Crippen molar-refractivity contribution in [1.29, 1.82) is 0 Å². The molecule has 0 unspecified atom stereocenters. The van der Waals surface area contributed by atoms with Gasteiger partial charge in [-0.05, 0) is 31.2 Å². The first-order valence-electron chi connectivity index (χ1n) is 5.85. The summed E-state index contributed by atoms with van der Waals surface area (Å²) >= 11 is 0. The molecular formula is C13H11F3N4O. The van der Waals surface area contributed by atoms with E-state index in [4.69, 9.17) is 5.73 Å². The van der Waals surface area contributed by atoms with E-state index in [1.54, 1.807) is 6.92 Å². The zero-order chi connectivity index (χ0) is 15.6. The third kappa shape index (κ3) is 3.47. The maximum absolute atomic E-state index is 12.5. The van der Waals surface area contributed by atoms with Gasteiger partial charge in [0.05, 0.1) is 11.3 Å². The van der Waals surface area contributed by atoms with Gasteiger partial charge in [-0.25, -0.2) is 9.97 Å². The number of anilines is 2. The molecule has 0 atom stereocenters. The highest BCUT2D eigenvalue weighted by atomic mass is 19.4. The second-order valence-corrected chi connectivity index (χ2v) is 4.27. The van der Waals surface area contributed by atoms with Crippen LogP contribution < -0.4 is 11.1 Å². The highest BCUT2D eigenvalue weighted by Gasteiger charge is 2.30. The SMILES string of the molecule is Cc1cnc(C(N)=O)c(Nc2ccc(C(F)(F)F)cc2)n1. The van der Waals surface area contributed by atoms with Crippen LogP contribution in [0.1, 0.15) is 21.7 Å². The van der Waals surface area contributed by atoms with Crippen LogP contribution in [0.5, 0.6) is 0 Å². The number of hydrogen-bond acceptors (Lipinski definition) is 4. The number of amides is 1. The molecule has 0 radical (unpaired) electrons. The molecule has 0 fully saturated rings. The average molecular weight is 296 g/mol. The van der Waals surface area contributed by atoms with E-state index in [9.17, 15) is 18.0 Å². The molecule has 0 bridgehead atoms. The largest absolute Gasteiger partial charge is 0.416 e. The highest BCUT2D eigenvalue weighted by molar-refractivity contribution is 5.96. The van der Waals surface area contributed by atoms with Crippen molar-refractivity contribution in [1.82, 2.24) is 9.97 Å². The zero-order valence-electron chi connectivity index (χ0n) is 10.9. The van der Waals surface area contributed by atoms with E-state index in [-0.39, 0.29) is 11.5 Å². The van der Waals surface area contributed by atoms with Gasteiger partial charge in [0.25, 0.3) is 5.91 Å². The number of halogens is 3. The molecule has 0 aliphatic rings. The van der Waals surface area contributed by atoms with E-state index >= 15 is 0 Å². The third-order valence-electron chi connectivity index (χ3n) is 2.60. The Hall–Kier alpha value is -2.64. The fourth-order valence-electron chi connectivity index (χ4n) is 1.62. The van der Waals surface area contributed by atoms with Crippen molar-refractivity contribution in [3.63, 3.8) is 0 Å². The Morgan fingerprint density at radius 1 is 1.24 bits per heavy atom. The standard InChI is InChI=1S/C13H11F3N4O/c1-7-6-18-10(11(17)21)12(19-7)20-9-4-2-8(3-5-9)13(14,15)16/h2-6H,1H3,(H2,17,21)(H,19,20). The van der Waals surface area contributed by atoms with E-state index < -0.39 is 17.6 Å². The van der Waals surface area contributed by atoms with Gasteiger partial charge in [0.2, 0.25) is 0 Å². The minimum atomic E-state index is -4.40. The fourth-order valence-corrected chi connectivity index (χ4v) is 1.62. The monoisotopic (exact) mass is 296 g/mol. The molecule has 21 heavy (non-hydrogen) atoms. The summed E-state index contributed by atoms with van der Waals surface area (Å²) in [5.74, 6) is -0.681. The minimum absolute atomic E-state index is 0.0829. The molecule has 0 saturated carbocycles. The van der Waals surface area contributed by atoms with Gasteiger partial charge in [0, 0.05) is 11.9 Å². The Labute approximate surface area is 118 Å². The molecule has 2 aromatic rings. The summed E-state index contributed by atoms with van der Waals surface area (Å²) in [5, 5.41) is 2.73. The van der Waals surface area contributed by atoms with Crippen molar-refractivity contribution in [3.05, 3.63) is 47.4 Å². The van der Waals surface area contributed by atoms with Crippen LogP contribution in [0.15, 0.2) is 30.5 Å². The van der Waals surface area contributed by atoms with Gasteiger partial charge in [-0.2, -0.15) is 13.2 Å². The van der Waals surface area contributed by atoms with E-state index in [0.717, 1.165) is 12.1 Å². The first kappa shape index (κ1) is 14.8. The molecule has 0 aliphatic heterocycles. The van der Waals surface area contributed by atoms with Crippen LogP contribution in [0.25, 0.3) is 0 Å². The smallest absolute Gasteiger partial charge is 0.364 e. The molecule has 3 N–H and O–H groups in total. The first-order chi connectivity index (χ1) is 9.77. The van der Waals surface area contributed by atoms with Crippen LogP contribution in [0.2, 0.25) is 0 Å². The molecule has 0 spiro atoms. The summed E-state index contributed by atoms with van der Waals surface area (Å²) in [7, 11) is 0. The normalized spacial score (nSPS) is 11.2. The lowest BCUT2D eigenvalue weighted by Crippen LogP contribution is -2.16. The lowest BCUT2D eigenvalue weighted by Gasteiger charge is -2.11. The molecule has 1 aromatic heterocycles. The number of nitrogens with one attached hydrogen (secondary N) is 1. The Morgan fingerprint density at radius 3 is 2.38 bits per heavy atom. The van der Waals surface area contributed by atoms with Crippen molar-refractivity contribution in [3.8, 4) is 0 Å². The van der Waals surface area contributed by atoms with Crippen LogP contribution >= 0.6 is 0 Å². The van der Waals surface area contributed by atoms with Crippen molar-refractivity contribution in [2.75, 3.05) is 5.32 Å². The topological polar surface area (TPSA) is 80.9 Å². The maximum atomic E-state index is 12.5. The molecule has 1 aromatic carbocycles. The summed E-state index contributed by atoms with van der Waals surface area (Å²) in [6.07, 6.45) is -3.03. The average Bonchev–Trinajstić information content (AvgIpc) is 2.38. The third-order valence-corrected chi connectivity index (χ3v) is 2.60. The number of nitrogens with zero attached hydrogens (tertiary/aromatic N) is 2. The van der Waals surface area contributed by atoms with E-state index in [1.807, 2.05) is 0 Å². The number of alkyl halides is 3. The summed E-state index contributed by atoms with van der Waals surface area (Å²) < 4.78 is 37.4. The molecule has 110 valence electrons. The highest BCUT2D eigenvalue weighted by Crippen LogP contribution is 2.30. The number of benzene rings is 1. The van der Waals surface area contributed by atoms with Crippen LogP contribution in [0, 0.1) is 6.92 Å². The predicted molar refractivity (Wildman–Crippen MR) is 70.0 cm³/mol. The van der Waals surface area contributed by atoms with Crippen molar-refractivity contribution >= 4 is 17.4 Å². The number of hydrogen-bond donors (Lipinski definition) is 2. The van der Waals surface area contributed by atoms with Crippen molar-refractivity contribution in [2.24, 2.45) is 5.73 Å².